The molecule has 1 fully saturated rings. The van der Waals surface area contributed by atoms with E-state index < -0.39 is 10.0 Å². The molecule has 9 heteroatoms. The second-order valence-electron chi connectivity index (χ2n) is 7.06. The van der Waals surface area contributed by atoms with Gasteiger partial charge in [0, 0.05) is 37.4 Å². The van der Waals surface area contributed by atoms with Gasteiger partial charge in [-0.3, -0.25) is 9.63 Å². The summed E-state index contributed by atoms with van der Waals surface area (Å²) >= 11 is 0. The topological polar surface area (TPSA) is 88.2 Å². The Labute approximate surface area is 177 Å². The number of hydroxylamine groups is 1. The Morgan fingerprint density at radius 1 is 1.10 bits per heavy atom. The largest absolute Gasteiger partial charge is 0.497 e. The first-order valence-corrected chi connectivity index (χ1v) is 11.1. The summed E-state index contributed by atoms with van der Waals surface area (Å²) < 4.78 is 30.7. The van der Waals surface area contributed by atoms with Crippen molar-refractivity contribution in [1.29, 1.82) is 0 Å². The summed E-state index contributed by atoms with van der Waals surface area (Å²) in [6.45, 7) is 1.65. The Balaban J connectivity index is 1.60. The number of hydrogen-bond donors (Lipinski definition) is 1. The van der Waals surface area contributed by atoms with E-state index in [1.54, 1.807) is 19.2 Å². The van der Waals surface area contributed by atoms with E-state index in [-0.39, 0.29) is 16.8 Å². The highest BCUT2D eigenvalue weighted by Gasteiger charge is 2.24. The maximum absolute atomic E-state index is 12.7. The van der Waals surface area contributed by atoms with E-state index in [1.807, 2.05) is 24.3 Å². The molecule has 162 valence electrons. The highest BCUT2D eigenvalue weighted by atomic mass is 32.2. The molecule has 2 aromatic carbocycles. The molecule has 1 heterocycles. The molecule has 0 aromatic heterocycles. The predicted octanol–water partition coefficient (Wildman–Crippen LogP) is 2.28. The summed E-state index contributed by atoms with van der Waals surface area (Å²) in [5.74, 6) is 0.539. The van der Waals surface area contributed by atoms with Crippen LogP contribution in [-0.4, -0.2) is 59.2 Å². The van der Waals surface area contributed by atoms with E-state index >= 15 is 0 Å². The van der Waals surface area contributed by atoms with Crippen LogP contribution < -0.4 is 15.0 Å². The highest BCUT2D eigenvalue weighted by Crippen LogP contribution is 2.23. The molecule has 1 aliphatic heterocycles. The van der Waals surface area contributed by atoms with E-state index in [1.165, 1.54) is 26.3 Å². The summed E-state index contributed by atoms with van der Waals surface area (Å²) in [7, 11) is 0.412. The van der Waals surface area contributed by atoms with Gasteiger partial charge in [-0.15, -0.1) is 0 Å². The third kappa shape index (κ3) is 4.92. The molecule has 30 heavy (non-hydrogen) atoms. The first-order valence-electron chi connectivity index (χ1n) is 9.68. The minimum Gasteiger partial charge on any atom is -0.497 e. The Bertz CT molecular complexity index is 970. The molecule has 0 radical (unpaired) electrons. The van der Waals surface area contributed by atoms with Gasteiger partial charge in [-0.2, -0.15) is 0 Å². The number of benzene rings is 2. The van der Waals surface area contributed by atoms with Crippen molar-refractivity contribution in [2.24, 2.45) is 0 Å². The molecule has 0 unspecified atom stereocenters. The molecule has 2 aromatic rings. The summed E-state index contributed by atoms with van der Waals surface area (Å²) in [5, 5.41) is 3.02. The Kier molecular flexibility index (Phi) is 6.96. The van der Waals surface area contributed by atoms with Gasteiger partial charge in [-0.05, 0) is 55.3 Å². The van der Waals surface area contributed by atoms with E-state index in [0.717, 1.165) is 41.8 Å². The summed E-state index contributed by atoms with van der Waals surface area (Å²) in [5.41, 5.74) is 1.43. The van der Waals surface area contributed by atoms with Crippen molar-refractivity contribution >= 4 is 21.6 Å². The van der Waals surface area contributed by atoms with E-state index in [4.69, 9.17) is 9.57 Å². The smallest absolute Gasteiger partial charge is 0.264 e. The summed E-state index contributed by atoms with van der Waals surface area (Å²) in [6, 6.07) is 13.9. The SMILES string of the molecule is COc1ccc(N2CCC(NC(=O)c3cccc(S(=O)(=O)N(C)OC)c3)CC2)cc1. The van der Waals surface area contributed by atoms with E-state index in [9.17, 15) is 13.2 Å². The lowest BCUT2D eigenvalue weighted by molar-refractivity contribution is -0.0258. The van der Waals surface area contributed by atoms with Gasteiger partial charge in [0.15, 0.2) is 0 Å². The maximum Gasteiger partial charge on any atom is 0.264 e. The fourth-order valence-electron chi connectivity index (χ4n) is 3.39. The number of piperidine rings is 1. The van der Waals surface area contributed by atoms with Crippen molar-refractivity contribution in [3.63, 3.8) is 0 Å². The molecule has 8 nitrogen and oxygen atoms in total. The van der Waals surface area contributed by atoms with Crippen LogP contribution in [0.25, 0.3) is 0 Å². The third-order valence-corrected chi connectivity index (χ3v) is 6.93. The fraction of sp³-hybridized carbons (Fsp3) is 0.381. The van der Waals surface area contributed by atoms with Crippen LogP contribution >= 0.6 is 0 Å². The van der Waals surface area contributed by atoms with Crippen molar-refractivity contribution in [1.82, 2.24) is 9.79 Å². The van der Waals surface area contributed by atoms with E-state index in [2.05, 4.69) is 10.2 Å². The van der Waals surface area contributed by atoms with Crippen molar-refractivity contribution < 1.29 is 22.8 Å². The molecule has 0 aliphatic carbocycles. The van der Waals surface area contributed by atoms with Crippen LogP contribution in [-0.2, 0) is 14.9 Å². The average Bonchev–Trinajstić information content (AvgIpc) is 2.79. The standard InChI is InChI=1S/C21H27N3O5S/c1-23(29-3)30(26,27)20-6-4-5-16(15-20)21(25)22-17-11-13-24(14-12-17)18-7-9-19(28-2)10-8-18/h4-10,15,17H,11-14H2,1-3H3,(H,22,25). The van der Waals surface area contributed by atoms with Crippen LogP contribution in [0.1, 0.15) is 23.2 Å². The number of carbonyl (C=O) groups is 1. The molecule has 0 saturated carbocycles. The van der Waals surface area contributed by atoms with Crippen LogP contribution in [0.2, 0.25) is 0 Å². The van der Waals surface area contributed by atoms with Gasteiger partial charge >= 0.3 is 0 Å². The van der Waals surface area contributed by atoms with Crippen LogP contribution in [0.4, 0.5) is 5.69 Å². The molecular formula is C21H27N3O5S. The van der Waals surface area contributed by atoms with Gasteiger partial charge in [0.2, 0.25) is 0 Å². The van der Waals surface area contributed by atoms with Crippen LogP contribution in [0.3, 0.4) is 0 Å². The second-order valence-corrected chi connectivity index (χ2v) is 8.99. The van der Waals surface area contributed by atoms with Crippen LogP contribution in [0, 0.1) is 0 Å². The van der Waals surface area contributed by atoms with Crippen molar-refractivity contribution in [2.45, 2.75) is 23.8 Å². The van der Waals surface area contributed by atoms with Crippen molar-refractivity contribution in [3.8, 4) is 5.75 Å². The molecule has 3 rings (SSSR count). The summed E-state index contributed by atoms with van der Waals surface area (Å²) in [6.07, 6.45) is 1.62. The third-order valence-electron chi connectivity index (χ3n) is 5.26. The Hall–Kier alpha value is -2.62. The number of nitrogens with zero attached hydrogens (tertiary/aromatic N) is 2. The van der Waals surface area contributed by atoms with Crippen molar-refractivity contribution in [2.75, 3.05) is 39.3 Å². The van der Waals surface area contributed by atoms with Gasteiger partial charge < -0.3 is 15.0 Å². The lowest BCUT2D eigenvalue weighted by Gasteiger charge is -2.34. The number of carbonyl (C=O) groups excluding carboxylic acids is 1. The fourth-order valence-corrected chi connectivity index (χ4v) is 4.41. The first kappa shape index (κ1) is 22.1. The summed E-state index contributed by atoms with van der Waals surface area (Å²) in [4.78, 5) is 19.7. The van der Waals surface area contributed by atoms with Gasteiger partial charge in [-0.25, -0.2) is 8.42 Å². The van der Waals surface area contributed by atoms with Crippen LogP contribution in [0.15, 0.2) is 53.4 Å². The lowest BCUT2D eigenvalue weighted by atomic mass is 10.0. The Morgan fingerprint density at radius 3 is 2.37 bits per heavy atom. The maximum atomic E-state index is 12.7. The first-order chi connectivity index (χ1) is 14.3. The van der Waals surface area contributed by atoms with Gasteiger partial charge in [0.25, 0.3) is 15.9 Å². The van der Waals surface area contributed by atoms with Gasteiger partial charge in [0.1, 0.15) is 5.75 Å². The normalized spacial score (nSPS) is 15.3. The lowest BCUT2D eigenvalue weighted by Crippen LogP contribution is -2.44. The second kappa shape index (κ2) is 9.46. The molecule has 1 N–H and O–H groups in total. The van der Waals surface area contributed by atoms with Crippen LogP contribution in [0.5, 0.6) is 5.75 Å². The number of sulfonamides is 1. The molecule has 0 bridgehead atoms. The Morgan fingerprint density at radius 2 is 1.77 bits per heavy atom. The number of methoxy groups -OCH3 is 1. The zero-order valence-corrected chi connectivity index (χ0v) is 18.2. The molecule has 1 saturated heterocycles. The zero-order valence-electron chi connectivity index (χ0n) is 17.4. The molecule has 1 amide bonds. The van der Waals surface area contributed by atoms with Crippen molar-refractivity contribution in [3.05, 3.63) is 54.1 Å². The number of ether oxygens (including phenoxy) is 1. The van der Waals surface area contributed by atoms with Gasteiger partial charge in [0.05, 0.1) is 19.1 Å². The number of anilines is 1. The monoisotopic (exact) mass is 433 g/mol. The molecular weight excluding hydrogens is 406 g/mol. The number of amides is 1. The highest BCUT2D eigenvalue weighted by molar-refractivity contribution is 7.89. The van der Waals surface area contributed by atoms with Gasteiger partial charge in [-0.1, -0.05) is 10.5 Å². The molecule has 1 aliphatic rings. The van der Waals surface area contributed by atoms with E-state index in [0.29, 0.717) is 5.56 Å². The minimum absolute atomic E-state index is 0.00817. The molecule has 0 atom stereocenters. The minimum atomic E-state index is -3.81. The number of nitrogens with one attached hydrogen (secondary N) is 1. The average molecular weight is 434 g/mol. The quantitative estimate of drug-likeness (QED) is 0.674. The predicted molar refractivity (Wildman–Crippen MR) is 114 cm³/mol. The molecule has 0 spiro atoms. The number of hydrogen-bond acceptors (Lipinski definition) is 6. The zero-order chi connectivity index (χ0) is 21.7. The number of rotatable bonds is 7.